The molecule has 1 aromatic rings. The van der Waals surface area contributed by atoms with E-state index in [9.17, 15) is 9.59 Å². The van der Waals surface area contributed by atoms with Crippen molar-refractivity contribution in [2.45, 2.75) is 20.0 Å². The number of aliphatic carboxylic acids is 1. The molecule has 0 aromatic heterocycles. The van der Waals surface area contributed by atoms with E-state index in [0.717, 1.165) is 5.69 Å². The highest BCUT2D eigenvalue weighted by Gasteiger charge is 2.31. The first-order valence-corrected chi connectivity index (χ1v) is 6.41. The molecule has 0 saturated carbocycles. The van der Waals surface area contributed by atoms with Crippen LogP contribution in [0.4, 0.5) is 5.69 Å². The van der Waals surface area contributed by atoms with E-state index in [2.05, 4.69) is 10.6 Å². The van der Waals surface area contributed by atoms with Crippen LogP contribution in [0.1, 0.15) is 13.8 Å². The van der Waals surface area contributed by atoms with Gasteiger partial charge in [-0.3, -0.25) is 9.59 Å². The Morgan fingerprint density at radius 3 is 2.85 bits per heavy atom. The van der Waals surface area contributed by atoms with Gasteiger partial charge in [0, 0.05) is 6.54 Å². The van der Waals surface area contributed by atoms with Gasteiger partial charge in [0.15, 0.2) is 6.10 Å². The molecule has 1 unspecified atom stereocenters. The topological polar surface area (TPSA) is 87.7 Å². The number of fused-ring (bicyclic) bond motifs is 1. The fourth-order valence-electron chi connectivity index (χ4n) is 1.76. The highest BCUT2D eigenvalue weighted by atomic mass is 16.5. The lowest BCUT2D eigenvalue weighted by Gasteiger charge is -2.27. The second-order valence-corrected chi connectivity index (χ2v) is 5.39. The molecule has 1 heterocycles. The van der Waals surface area contributed by atoms with Crippen LogP contribution in [0.15, 0.2) is 24.3 Å². The molecule has 20 heavy (non-hydrogen) atoms. The molecular formula is C14H18N2O4. The van der Waals surface area contributed by atoms with Gasteiger partial charge < -0.3 is 20.5 Å². The van der Waals surface area contributed by atoms with E-state index >= 15 is 0 Å². The second kappa shape index (κ2) is 5.40. The minimum atomic E-state index is -1.00. The Bertz CT molecular complexity index is 528. The third-order valence-electron chi connectivity index (χ3n) is 3.21. The maximum Gasteiger partial charge on any atom is 0.310 e. The number of carbonyl (C=O) groups excluding carboxylic acids is 1. The number of ether oxygens (including phenoxy) is 1. The first-order chi connectivity index (χ1) is 9.40. The van der Waals surface area contributed by atoms with Gasteiger partial charge in [0.05, 0.1) is 17.6 Å². The summed E-state index contributed by atoms with van der Waals surface area (Å²) in [6, 6.07) is 7.36. The Kier molecular flexibility index (Phi) is 3.83. The fraction of sp³-hybridized carbons (Fsp3) is 0.429. The number of rotatable bonds is 4. The van der Waals surface area contributed by atoms with Crippen molar-refractivity contribution in [2.75, 3.05) is 18.4 Å². The lowest BCUT2D eigenvalue weighted by atomic mass is 9.94. The minimum Gasteiger partial charge on any atom is -0.481 e. The van der Waals surface area contributed by atoms with Gasteiger partial charge in [-0.05, 0) is 26.0 Å². The van der Waals surface area contributed by atoms with Gasteiger partial charge in [0.2, 0.25) is 0 Å². The van der Waals surface area contributed by atoms with Crippen molar-refractivity contribution < 1.29 is 19.4 Å². The van der Waals surface area contributed by atoms with Crippen LogP contribution in [0.5, 0.6) is 5.75 Å². The Balaban J connectivity index is 1.94. The standard InChI is InChI=1S/C14H18N2O4/c1-14(2,13(18)19)8-16-12(17)11-7-15-9-5-3-4-6-10(9)20-11/h3-6,11,15H,7-8H2,1-2H3,(H,16,17)(H,18,19). The van der Waals surface area contributed by atoms with Gasteiger partial charge in [-0.25, -0.2) is 0 Å². The van der Waals surface area contributed by atoms with Crippen molar-refractivity contribution in [2.24, 2.45) is 5.41 Å². The zero-order valence-electron chi connectivity index (χ0n) is 11.5. The molecule has 6 nitrogen and oxygen atoms in total. The predicted octanol–water partition coefficient (Wildman–Crippen LogP) is 1.09. The van der Waals surface area contributed by atoms with Crippen LogP contribution >= 0.6 is 0 Å². The number of hydrogen-bond acceptors (Lipinski definition) is 4. The molecule has 3 N–H and O–H groups in total. The van der Waals surface area contributed by atoms with Gasteiger partial charge in [-0.2, -0.15) is 0 Å². The van der Waals surface area contributed by atoms with Crippen LogP contribution in [-0.2, 0) is 9.59 Å². The summed E-state index contributed by atoms with van der Waals surface area (Å²) in [4.78, 5) is 23.0. The van der Waals surface area contributed by atoms with Crippen LogP contribution in [0.2, 0.25) is 0 Å². The largest absolute Gasteiger partial charge is 0.481 e. The minimum absolute atomic E-state index is 0.0582. The maximum atomic E-state index is 12.0. The summed E-state index contributed by atoms with van der Waals surface area (Å²) in [7, 11) is 0. The molecule has 108 valence electrons. The van der Waals surface area contributed by atoms with Crippen molar-refractivity contribution in [1.29, 1.82) is 0 Å². The smallest absolute Gasteiger partial charge is 0.310 e. The number of carboxylic acids is 1. The van der Waals surface area contributed by atoms with Crippen molar-refractivity contribution in [3.05, 3.63) is 24.3 Å². The van der Waals surface area contributed by atoms with Gasteiger partial charge in [-0.15, -0.1) is 0 Å². The lowest BCUT2D eigenvalue weighted by Crippen LogP contribution is -2.48. The van der Waals surface area contributed by atoms with E-state index in [1.807, 2.05) is 18.2 Å². The average Bonchev–Trinajstić information content (AvgIpc) is 2.44. The Morgan fingerprint density at radius 1 is 1.45 bits per heavy atom. The molecule has 1 aromatic carbocycles. The zero-order chi connectivity index (χ0) is 14.8. The average molecular weight is 278 g/mol. The van der Waals surface area contributed by atoms with Gasteiger partial charge in [0.1, 0.15) is 5.75 Å². The molecule has 1 aliphatic heterocycles. The molecule has 1 atom stereocenters. The first kappa shape index (κ1) is 14.2. The number of amides is 1. The van der Waals surface area contributed by atoms with E-state index in [1.165, 1.54) is 0 Å². The molecule has 0 saturated heterocycles. The summed E-state index contributed by atoms with van der Waals surface area (Å²) in [5.74, 6) is -0.649. The molecule has 0 bridgehead atoms. The number of carboxylic acid groups (broad SMARTS) is 1. The molecule has 6 heteroatoms. The van der Waals surface area contributed by atoms with E-state index < -0.39 is 17.5 Å². The highest BCUT2D eigenvalue weighted by molar-refractivity contribution is 5.84. The molecular weight excluding hydrogens is 260 g/mol. The summed E-state index contributed by atoms with van der Waals surface area (Å²) in [5, 5.41) is 14.7. The fourth-order valence-corrected chi connectivity index (χ4v) is 1.76. The van der Waals surface area contributed by atoms with Gasteiger partial charge in [-0.1, -0.05) is 12.1 Å². The van der Waals surface area contributed by atoms with Crippen LogP contribution in [0.25, 0.3) is 0 Å². The molecule has 1 amide bonds. The van der Waals surface area contributed by atoms with E-state index in [1.54, 1.807) is 19.9 Å². The summed E-state index contributed by atoms with van der Waals surface area (Å²) >= 11 is 0. The number of nitrogens with one attached hydrogen (secondary N) is 2. The molecule has 0 radical (unpaired) electrons. The van der Waals surface area contributed by atoms with Gasteiger partial charge >= 0.3 is 5.97 Å². The van der Waals surface area contributed by atoms with Crippen molar-refractivity contribution in [3.8, 4) is 5.75 Å². The van der Waals surface area contributed by atoms with Crippen molar-refractivity contribution in [3.63, 3.8) is 0 Å². The third kappa shape index (κ3) is 3.01. The summed E-state index contributed by atoms with van der Waals surface area (Å²) in [5.41, 5.74) is -0.155. The monoisotopic (exact) mass is 278 g/mol. The predicted molar refractivity (Wildman–Crippen MR) is 73.8 cm³/mol. The van der Waals surface area contributed by atoms with Crippen LogP contribution in [-0.4, -0.2) is 36.2 Å². The van der Waals surface area contributed by atoms with Crippen LogP contribution in [0.3, 0.4) is 0 Å². The SMILES string of the molecule is CC(C)(CNC(=O)C1CNc2ccccc2O1)C(=O)O. The molecule has 1 aliphatic rings. The second-order valence-electron chi connectivity index (χ2n) is 5.39. The molecule has 0 spiro atoms. The number of para-hydroxylation sites is 2. The lowest BCUT2D eigenvalue weighted by molar-refractivity contribution is -0.147. The Hall–Kier alpha value is -2.24. The zero-order valence-corrected chi connectivity index (χ0v) is 11.5. The van der Waals surface area contributed by atoms with E-state index in [4.69, 9.17) is 9.84 Å². The third-order valence-corrected chi connectivity index (χ3v) is 3.21. The quantitative estimate of drug-likeness (QED) is 0.767. The maximum absolute atomic E-state index is 12.0. The van der Waals surface area contributed by atoms with E-state index in [0.29, 0.717) is 12.3 Å². The Morgan fingerprint density at radius 2 is 2.15 bits per heavy atom. The molecule has 2 rings (SSSR count). The van der Waals surface area contributed by atoms with Crippen molar-refractivity contribution >= 4 is 17.6 Å². The Labute approximate surface area is 117 Å². The molecule has 0 aliphatic carbocycles. The number of carbonyl (C=O) groups is 2. The van der Waals surface area contributed by atoms with Gasteiger partial charge in [0.25, 0.3) is 5.91 Å². The summed E-state index contributed by atoms with van der Waals surface area (Å²) < 4.78 is 5.60. The highest BCUT2D eigenvalue weighted by Crippen LogP contribution is 2.28. The number of hydrogen-bond donors (Lipinski definition) is 3. The first-order valence-electron chi connectivity index (χ1n) is 6.41. The summed E-state index contributed by atoms with van der Waals surface area (Å²) in [6.45, 7) is 3.54. The van der Waals surface area contributed by atoms with Crippen LogP contribution in [0, 0.1) is 5.41 Å². The normalized spacial score (nSPS) is 17.4. The molecule has 0 fully saturated rings. The van der Waals surface area contributed by atoms with Crippen LogP contribution < -0.4 is 15.4 Å². The number of anilines is 1. The summed E-state index contributed by atoms with van der Waals surface area (Å²) in [6.07, 6.45) is -0.658. The van der Waals surface area contributed by atoms with E-state index in [-0.39, 0.29) is 12.5 Å². The van der Waals surface area contributed by atoms with Crippen molar-refractivity contribution in [1.82, 2.24) is 5.32 Å². The number of benzene rings is 1.